The predicted molar refractivity (Wildman–Crippen MR) is 216 cm³/mol. The molecule has 0 spiro atoms. The summed E-state index contributed by atoms with van der Waals surface area (Å²) in [5.41, 5.74) is 2.75. The summed E-state index contributed by atoms with van der Waals surface area (Å²) in [4.78, 5) is 0. The SMILES string of the molecule is S=C([S-])Nn1cccc1.c1ccc(P(=[N+]=P(c2ccccc2)(c2ccccc2)c2ccccc2)(c2ccccc2)c2ccccc2)cc1. The molecule has 0 aliphatic rings. The van der Waals surface area contributed by atoms with Gasteiger partial charge < -0.3 is 30.3 Å². The van der Waals surface area contributed by atoms with Gasteiger partial charge in [-0.1, -0.05) is 109 Å². The molecule has 0 saturated carbocycles. The lowest BCUT2D eigenvalue weighted by atomic mass is 10.4. The first-order valence-electron chi connectivity index (χ1n) is 15.6. The van der Waals surface area contributed by atoms with Crippen LogP contribution >= 0.6 is 26.3 Å². The zero-order valence-electron chi connectivity index (χ0n) is 26.2. The van der Waals surface area contributed by atoms with Gasteiger partial charge in [0.25, 0.3) is 0 Å². The fraction of sp³-hybridized carbons (Fsp3) is 0. The fourth-order valence-electron chi connectivity index (χ4n) is 5.78. The molecular weight excluding hydrogens is 661 g/mol. The zero-order chi connectivity index (χ0) is 33.1. The Kier molecular flexibility index (Phi) is 11.0. The lowest BCUT2D eigenvalue weighted by Gasteiger charge is -2.20. The molecule has 0 fully saturated rings. The van der Waals surface area contributed by atoms with Crippen LogP contribution in [-0.4, -0.2) is 9.00 Å². The van der Waals surface area contributed by atoms with Crippen molar-refractivity contribution < 1.29 is 0 Å². The van der Waals surface area contributed by atoms with Gasteiger partial charge in [0.2, 0.25) is 0 Å². The molecular formula is C41H35N3P2S2. The van der Waals surface area contributed by atoms with Crippen molar-refractivity contribution in [1.82, 2.24) is 8.85 Å². The topological polar surface area (TPSA) is 31.1 Å². The number of thiocarbonyl (C=S) groups is 1. The van der Waals surface area contributed by atoms with E-state index < -0.39 is 14.1 Å². The van der Waals surface area contributed by atoms with Crippen molar-refractivity contribution in [1.29, 1.82) is 0 Å². The van der Waals surface area contributed by atoms with Crippen molar-refractivity contribution in [3.8, 4) is 0 Å². The maximum absolute atomic E-state index is 6.38. The standard InChI is InChI=1S/C36H30NP2.C5H6N2S2/c1-7-19-31(20-8-1)38(32-21-9-2-10-22-32,33-23-11-3-12-24-33)37-39(34-25-13-4-14-26-34,35-27-15-5-16-28-35)36-29-17-6-18-30-36;8-5(9)6-7-3-1-2-4-7/h1-30H;1-4H,(H2,6,8,9)/q+1;/p-1. The Balaban J connectivity index is 0.000000388. The van der Waals surface area contributed by atoms with Gasteiger partial charge in [0.1, 0.15) is 0 Å². The van der Waals surface area contributed by atoms with E-state index in [2.05, 4.69) is 212 Å². The Morgan fingerprint density at radius 2 is 0.646 bits per heavy atom. The highest BCUT2D eigenvalue weighted by Gasteiger charge is 2.44. The highest BCUT2D eigenvalue weighted by Crippen LogP contribution is 2.50. The first kappa shape index (κ1) is 33.2. The molecule has 0 bridgehead atoms. The molecule has 1 N–H and O–H groups in total. The van der Waals surface area contributed by atoms with Crippen molar-refractivity contribution in [2.45, 2.75) is 0 Å². The van der Waals surface area contributed by atoms with Crippen molar-refractivity contribution >= 4 is 75.1 Å². The Morgan fingerprint density at radius 3 is 0.854 bits per heavy atom. The maximum atomic E-state index is 6.38. The zero-order valence-corrected chi connectivity index (χ0v) is 29.7. The Morgan fingerprint density at radius 1 is 0.417 bits per heavy atom. The molecule has 0 unspecified atom stereocenters. The lowest BCUT2D eigenvalue weighted by Crippen LogP contribution is -2.31. The van der Waals surface area contributed by atoms with E-state index in [1.165, 1.54) is 31.8 Å². The Hall–Kier alpha value is -4.72. The normalized spacial score (nSPS) is 11.0. The molecule has 1 aromatic heterocycles. The van der Waals surface area contributed by atoms with Crippen LogP contribution in [-0.2, 0) is 12.6 Å². The summed E-state index contributed by atoms with van der Waals surface area (Å²) in [7, 11) is -4.99. The maximum Gasteiger partial charge on any atom is 0.301 e. The van der Waals surface area contributed by atoms with E-state index in [1.54, 1.807) is 4.68 Å². The molecule has 7 rings (SSSR count). The van der Waals surface area contributed by atoms with Crippen LogP contribution in [0.1, 0.15) is 0 Å². The van der Waals surface area contributed by atoms with E-state index in [-0.39, 0.29) is 0 Å². The second-order valence-electron chi connectivity index (χ2n) is 10.9. The number of aromatic nitrogens is 1. The van der Waals surface area contributed by atoms with E-state index in [1.807, 2.05) is 24.5 Å². The molecule has 0 aliphatic carbocycles. The summed E-state index contributed by atoms with van der Waals surface area (Å²) >= 11 is 9.25. The first-order valence-corrected chi connectivity index (χ1v) is 19.9. The van der Waals surface area contributed by atoms with Crippen molar-refractivity contribution in [2.75, 3.05) is 5.43 Å². The fourth-order valence-corrected chi connectivity index (χ4v) is 15.5. The van der Waals surface area contributed by atoms with E-state index in [9.17, 15) is 0 Å². The van der Waals surface area contributed by atoms with Gasteiger partial charge >= 0.3 is 14.1 Å². The molecule has 7 aromatic rings. The van der Waals surface area contributed by atoms with Crippen LogP contribution in [0.3, 0.4) is 0 Å². The van der Waals surface area contributed by atoms with Crippen molar-refractivity contribution in [3.63, 3.8) is 0 Å². The lowest BCUT2D eigenvalue weighted by molar-refractivity contribution is 1.00. The molecule has 0 atom stereocenters. The average molecular weight is 696 g/mol. The summed E-state index contributed by atoms with van der Waals surface area (Å²) < 4.78 is 8.44. The molecule has 7 heteroatoms. The predicted octanol–water partition coefficient (Wildman–Crippen LogP) is 7.27. The molecule has 3 nitrogen and oxygen atoms in total. The van der Waals surface area contributed by atoms with Gasteiger partial charge in [-0.15, -0.1) is 4.17 Å². The monoisotopic (exact) mass is 695 g/mol. The third-order valence-corrected chi connectivity index (χ3v) is 16.5. The molecule has 6 aromatic carbocycles. The third kappa shape index (κ3) is 7.23. The van der Waals surface area contributed by atoms with Crippen LogP contribution in [0.5, 0.6) is 0 Å². The van der Waals surface area contributed by atoms with Gasteiger partial charge in [0, 0.05) is 12.4 Å². The molecule has 236 valence electrons. The molecule has 48 heavy (non-hydrogen) atoms. The van der Waals surface area contributed by atoms with E-state index in [0.717, 1.165) is 0 Å². The number of benzene rings is 6. The van der Waals surface area contributed by atoms with Gasteiger partial charge in [-0.05, 0) is 89.2 Å². The minimum absolute atomic E-state index is 0.353. The van der Waals surface area contributed by atoms with Gasteiger partial charge in [-0.25, -0.2) is 0 Å². The van der Waals surface area contributed by atoms with E-state index in [4.69, 9.17) is 4.17 Å². The minimum Gasteiger partial charge on any atom is -0.410 e. The van der Waals surface area contributed by atoms with Crippen LogP contribution < -0.4 is 41.4 Å². The van der Waals surface area contributed by atoms with E-state index in [0.29, 0.717) is 4.32 Å². The third-order valence-electron chi connectivity index (χ3n) is 7.87. The van der Waals surface area contributed by atoms with E-state index >= 15 is 0 Å². The largest absolute Gasteiger partial charge is 0.410 e. The van der Waals surface area contributed by atoms with Crippen LogP contribution in [0.15, 0.2) is 207 Å². The molecule has 0 amide bonds. The van der Waals surface area contributed by atoms with Crippen LogP contribution in [0.2, 0.25) is 0 Å². The van der Waals surface area contributed by atoms with Crippen molar-refractivity contribution in [3.05, 3.63) is 207 Å². The number of hydrogen-bond acceptors (Lipinski definition) is 2. The number of nitrogens with zero attached hydrogens (tertiary/aromatic N) is 2. The van der Waals surface area contributed by atoms with Crippen molar-refractivity contribution in [2.24, 2.45) is 0 Å². The summed E-state index contributed by atoms with van der Waals surface area (Å²) in [5.74, 6) is 0. The van der Waals surface area contributed by atoms with Crippen LogP contribution in [0.4, 0.5) is 0 Å². The summed E-state index contributed by atoms with van der Waals surface area (Å²) in [6.45, 7) is 0. The summed E-state index contributed by atoms with van der Waals surface area (Å²) in [6, 6.07) is 69.4. The van der Waals surface area contributed by atoms with Gasteiger partial charge in [0.05, 0.1) is 31.8 Å². The quantitative estimate of drug-likeness (QED) is 0.0824. The number of hydrogen-bond donors (Lipinski definition) is 1. The van der Waals surface area contributed by atoms with Crippen LogP contribution in [0, 0.1) is 0 Å². The number of rotatable bonds is 7. The highest BCUT2D eigenvalue weighted by atomic mass is 32.1. The highest BCUT2D eigenvalue weighted by molar-refractivity contribution is 8.00. The molecule has 0 radical (unpaired) electrons. The Bertz CT molecular complexity index is 1820. The second-order valence-corrected chi connectivity index (χ2v) is 18.3. The Labute approximate surface area is 294 Å². The minimum atomic E-state index is -2.50. The van der Waals surface area contributed by atoms with Gasteiger partial charge in [0.15, 0.2) is 0 Å². The van der Waals surface area contributed by atoms with Crippen LogP contribution in [0.25, 0.3) is 0 Å². The average Bonchev–Trinajstić information content (AvgIpc) is 3.67. The summed E-state index contributed by atoms with van der Waals surface area (Å²) in [6.07, 6.45) is 3.66. The van der Waals surface area contributed by atoms with Gasteiger partial charge in [-0.2, -0.15) is 0 Å². The molecule has 1 heterocycles. The molecule has 0 aliphatic heterocycles. The molecule has 0 saturated heterocycles. The van der Waals surface area contributed by atoms with Gasteiger partial charge in [-0.3, -0.25) is 4.68 Å². The number of nitrogens with one attached hydrogen (secondary N) is 1. The smallest absolute Gasteiger partial charge is 0.301 e. The second kappa shape index (κ2) is 15.9. The summed E-state index contributed by atoms with van der Waals surface area (Å²) in [5, 5.41) is 7.55. The first-order chi connectivity index (χ1) is 23.6.